The van der Waals surface area contributed by atoms with Gasteiger partial charge in [-0.1, -0.05) is 46.2 Å². The molecule has 112 valence electrons. The molecule has 0 aliphatic heterocycles. The predicted molar refractivity (Wildman–Crippen MR) is 83.4 cm³/mol. The van der Waals surface area contributed by atoms with Gasteiger partial charge in [0.2, 0.25) is 0 Å². The standard InChI is InChI=1S/C18H28FN/c1-5-20-17-11-13(2)9-10-16(17)18(3,4)14-7-6-8-15(19)12-14/h6-8,12-13,16-17,20H,5,9-11H2,1-4H3. The SMILES string of the molecule is CCNC1CC(C)CCC1C(C)(C)c1cccc(F)c1. The minimum absolute atomic E-state index is 0.00900. The normalized spacial score (nSPS) is 27.6. The molecule has 2 heteroatoms. The van der Waals surface area contributed by atoms with Gasteiger partial charge in [0.15, 0.2) is 0 Å². The van der Waals surface area contributed by atoms with E-state index in [1.807, 2.05) is 6.07 Å². The van der Waals surface area contributed by atoms with E-state index in [-0.39, 0.29) is 11.2 Å². The van der Waals surface area contributed by atoms with Crippen molar-refractivity contribution in [1.82, 2.24) is 5.32 Å². The Balaban J connectivity index is 2.26. The molecule has 0 spiro atoms. The zero-order valence-corrected chi connectivity index (χ0v) is 13.2. The summed E-state index contributed by atoms with van der Waals surface area (Å²) >= 11 is 0. The van der Waals surface area contributed by atoms with Gasteiger partial charge in [-0.2, -0.15) is 0 Å². The van der Waals surface area contributed by atoms with Gasteiger partial charge < -0.3 is 5.32 Å². The van der Waals surface area contributed by atoms with Crippen molar-refractivity contribution >= 4 is 0 Å². The number of nitrogens with one attached hydrogen (secondary N) is 1. The van der Waals surface area contributed by atoms with E-state index in [2.05, 4.69) is 39.1 Å². The minimum Gasteiger partial charge on any atom is -0.314 e. The summed E-state index contributed by atoms with van der Waals surface area (Å²) in [5, 5.41) is 3.66. The average molecular weight is 277 g/mol. The predicted octanol–water partition coefficient (Wildman–Crippen LogP) is 4.52. The molecule has 0 saturated heterocycles. The molecule has 0 bridgehead atoms. The summed E-state index contributed by atoms with van der Waals surface area (Å²) in [5.41, 5.74) is 1.13. The number of hydrogen-bond donors (Lipinski definition) is 1. The van der Waals surface area contributed by atoms with Crippen molar-refractivity contribution in [3.63, 3.8) is 0 Å². The zero-order valence-electron chi connectivity index (χ0n) is 13.2. The third-order valence-electron chi connectivity index (χ3n) is 5.07. The van der Waals surface area contributed by atoms with Gasteiger partial charge in [0, 0.05) is 6.04 Å². The first-order valence-corrected chi connectivity index (χ1v) is 7.94. The van der Waals surface area contributed by atoms with Crippen molar-refractivity contribution in [3.05, 3.63) is 35.6 Å². The molecule has 1 aliphatic carbocycles. The van der Waals surface area contributed by atoms with Crippen molar-refractivity contribution in [3.8, 4) is 0 Å². The molecular weight excluding hydrogens is 249 g/mol. The lowest BCUT2D eigenvalue weighted by atomic mass is 9.63. The summed E-state index contributed by atoms with van der Waals surface area (Å²) in [6.45, 7) is 10.1. The van der Waals surface area contributed by atoms with Crippen LogP contribution >= 0.6 is 0 Å². The first-order chi connectivity index (χ1) is 9.45. The van der Waals surface area contributed by atoms with Crippen LogP contribution in [-0.4, -0.2) is 12.6 Å². The summed E-state index contributed by atoms with van der Waals surface area (Å²) < 4.78 is 13.6. The highest BCUT2D eigenvalue weighted by Crippen LogP contribution is 2.42. The smallest absolute Gasteiger partial charge is 0.123 e. The van der Waals surface area contributed by atoms with Crippen LogP contribution in [0.2, 0.25) is 0 Å². The van der Waals surface area contributed by atoms with Crippen LogP contribution in [0.3, 0.4) is 0 Å². The molecule has 0 radical (unpaired) electrons. The largest absolute Gasteiger partial charge is 0.314 e. The van der Waals surface area contributed by atoms with Crippen LogP contribution in [-0.2, 0) is 5.41 Å². The fraction of sp³-hybridized carbons (Fsp3) is 0.667. The van der Waals surface area contributed by atoms with E-state index >= 15 is 0 Å². The lowest BCUT2D eigenvalue weighted by Crippen LogP contribution is -2.48. The topological polar surface area (TPSA) is 12.0 Å². The van der Waals surface area contributed by atoms with E-state index in [1.54, 1.807) is 6.07 Å². The Hall–Kier alpha value is -0.890. The van der Waals surface area contributed by atoms with Crippen LogP contribution < -0.4 is 5.32 Å². The van der Waals surface area contributed by atoms with Gasteiger partial charge in [-0.15, -0.1) is 0 Å². The molecule has 0 heterocycles. The van der Waals surface area contributed by atoms with E-state index in [0.29, 0.717) is 12.0 Å². The Morgan fingerprint density at radius 3 is 2.70 bits per heavy atom. The summed E-state index contributed by atoms with van der Waals surface area (Å²) in [6, 6.07) is 7.69. The fourth-order valence-corrected chi connectivity index (χ4v) is 3.84. The molecule has 1 aliphatic rings. The maximum Gasteiger partial charge on any atom is 0.123 e. The lowest BCUT2D eigenvalue weighted by Gasteiger charge is -2.45. The van der Waals surface area contributed by atoms with E-state index < -0.39 is 0 Å². The summed E-state index contributed by atoms with van der Waals surface area (Å²) in [4.78, 5) is 0. The van der Waals surface area contributed by atoms with Crippen molar-refractivity contribution in [2.24, 2.45) is 11.8 Å². The van der Waals surface area contributed by atoms with Gasteiger partial charge in [-0.3, -0.25) is 0 Å². The summed E-state index contributed by atoms with van der Waals surface area (Å²) in [5.74, 6) is 1.24. The number of benzene rings is 1. The second kappa shape index (κ2) is 6.26. The molecule has 1 aromatic rings. The Morgan fingerprint density at radius 1 is 1.30 bits per heavy atom. The van der Waals surface area contributed by atoms with Gasteiger partial charge in [-0.25, -0.2) is 4.39 Å². The fourth-order valence-electron chi connectivity index (χ4n) is 3.84. The lowest BCUT2D eigenvalue weighted by molar-refractivity contribution is 0.147. The van der Waals surface area contributed by atoms with Crippen LogP contribution in [0.5, 0.6) is 0 Å². The van der Waals surface area contributed by atoms with Gasteiger partial charge in [0.05, 0.1) is 0 Å². The average Bonchev–Trinajstić information content (AvgIpc) is 2.39. The quantitative estimate of drug-likeness (QED) is 0.853. The van der Waals surface area contributed by atoms with Gasteiger partial charge in [0.1, 0.15) is 5.82 Å². The van der Waals surface area contributed by atoms with E-state index in [4.69, 9.17) is 0 Å². The minimum atomic E-state index is -0.125. The molecule has 3 unspecified atom stereocenters. The number of hydrogen-bond acceptors (Lipinski definition) is 1. The molecule has 1 aromatic carbocycles. The van der Waals surface area contributed by atoms with Gasteiger partial charge in [-0.05, 0) is 54.3 Å². The van der Waals surface area contributed by atoms with E-state index in [9.17, 15) is 4.39 Å². The summed E-state index contributed by atoms with van der Waals surface area (Å²) in [6.07, 6.45) is 3.74. The second-order valence-electron chi connectivity index (χ2n) is 6.92. The molecule has 1 N–H and O–H groups in total. The number of rotatable bonds is 4. The van der Waals surface area contributed by atoms with Crippen molar-refractivity contribution in [2.45, 2.75) is 58.4 Å². The molecule has 2 rings (SSSR count). The Kier molecular flexibility index (Phi) is 4.85. The molecule has 1 nitrogen and oxygen atoms in total. The first-order valence-electron chi connectivity index (χ1n) is 7.94. The maximum absolute atomic E-state index is 13.6. The van der Waals surface area contributed by atoms with Crippen molar-refractivity contribution in [1.29, 1.82) is 0 Å². The van der Waals surface area contributed by atoms with Crippen LogP contribution in [0.25, 0.3) is 0 Å². The molecule has 0 aromatic heterocycles. The molecule has 1 saturated carbocycles. The Labute approximate surface area is 123 Å². The van der Waals surface area contributed by atoms with Crippen LogP contribution in [0, 0.1) is 17.7 Å². The second-order valence-corrected chi connectivity index (χ2v) is 6.92. The van der Waals surface area contributed by atoms with E-state index in [1.165, 1.54) is 25.3 Å². The van der Waals surface area contributed by atoms with Crippen LogP contribution in [0.1, 0.15) is 52.5 Å². The molecule has 0 amide bonds. The van der Waals surface area contributed by atoms with Gasteiger partial charge >= 0.3 is 0 Å². The van der Waals surface area contributed by atoms with Gasteiger partial charge in [0.25, 0.3) is 0 Å². The van der Waals surface area contributed by atoms with Crippen LogP contribution in [0.15, 0.2) is 24.3 Å². The highest BCUT2D eigenvalue weighted by molar-refractivity contribution is 5.26. The molecule has 20 heavy (non-hydrogen) atoms. The number of halogens is 1. The Morgan fingerprint density at radius 2 is 2.05 bits per heavy atom. The van der Waals surface area contributed by atoms with Crippen molar-refractivity contribution in [2.75, 3.05) is 6.54 Å². The van der Waals surface area contributed by atoms with Crippen molar-refractivity contribution < 1.29 is 4.39 Å². The molecule has 3 atom stereocenters. The van der Waals surface area contributed by atoms with E-state index in [0.717, 1.165) is 18.0 Å². The zero-order chi connectivity index (χ0) is 14.8. The molecular formula is C18H28FN. The third kappa shape index (κ3) is 3.22. The van der Waals surface area contributed by atoms with Crippen LogP contribution in [0.4, 0.5) is 4.39 Å². The third-order valence-corrected chi connectivity index (χ3v) is 5.07. The summed E-state index contributed by atoms with van der Waals surface area (Å²) in [7, 11) is 0. The first kappa shape index (κ1) is 15.5. The molecule has 1 fully saturated rings. The monoisotopic (exact) mass is 277 g/mol. The highest BCUT2D eigenvalue weighted by Gasteiger charge is 2.39. The Bertz CT molecular complexity index is 441. The maximum atomic E-state index is 13.6. The highest BCUT2D eigenvalue weighted by atomic mass is 19.1.